The largest absolute Gasteiger partial charge is 0.445 e. The van der Waals surface area contributed by atoms with Crippen molar-refractivity contribution in [3.63, 3.8) is 0 Å². The van der Waals surface area contributed by atoms with Gasteiger partial charge in [0, 0.05) is 45.3 Å². The minimum absolute atomic E-state index is 0.0866. The van der Waals surface area contributed by atoms with Crippen molar-refractivity contribution in [3.05, 3.63) is 108 Å². The molecule has 270 valence electrons. The Labute approximate surface area is 294 Å². The van der Waals surface area contributed by atoms with Gasteiger partial charge in [-0.3, -0.25) is 4.90 Å². The predicted octanol–water partition coefficient (Wildman–Crippen LogP) is 5.35. The topological polar surface area (TPSA) is 157 Å². The van der Waals surface area contributed by atoms with E-state index in [2.05, 4.69) is 21.3 Å². The van der Waals surface area contributed by atoms with Gasteiger partial charge in [0.2, 0.25) is 0 Å². The van der Waals surface area contributed by atoms with Gasteiger partial charge in [-0.05, 0) is 43.9 Å². The second-order valence-electron chi connectivity index (χ2n) is 12.4. The van der Waals surface area contributed by atoms with Crippen molar-refractivity contribution in [2.24, 2.45) is 0 Å². The van der Waals surface area contributed by atoms with Crippen molar-refractivity contribution in [1.29, 1.82) is 0 Å². The standard InChI is InChI=1S/C37H49N5O8/c1-37(2,3)50-35(45)38-20-19-32(41-36(46)49-28-31-17-11-6-12-18-31)25-42(23-21-39-33(43)47-26-29-13-7-4-8-14-29)24-22-40-34(44)48-27-30-15-9-5-10-16-30/h4-18,32H,19-28H2,1-3H3,(H,38,45)(H,39,43)(H,40,44)(H,41,46). The Bertz CT molecular complexity index is 1380. The SMILES string of the molecule is CC(C)(C)OC(=O)NCCC(CN(CCNC(=O)OCc1ccccc1)CCNC(=O)OCc1ccccc1)NC(=O)OCc1ccccc1. The van der Waals surface area contributed by atoms with Crippen LogP contribution >= 0.6 is 0 Å². The van der Waals surface area contributed by atoms with Crippen LogP contribution < -0.4 is 21.3 Å². The number of nitrogens with zero attached hydrogens (tertiary/aromatic N) is 1. The second kappa shape index (κ2) is 21.6. The zero-order valence-electron chi connectivity index (χ0n) is 29.0. The number of carbonyl (C=O) groups is 4. The quantitative estimate of drug-likeness (QED) is 0.129. The molecule has 0 aliphatic rings. The molecule has 0 aliphatic carbocycles. The van der Waals surface area contributed by atoms with E-state index in [1.807, 2.05) is 95.9 Å². The number of rotatable bonds is 18. The first kappa shape index (κ1) is 39.1. The summed E-state index contributed by atoms with van der Waals surface area (Å²) in [5, 5.41) is 11.1. The maximum atomic E-state index is 12.9. The molecule has 0 aliphatic heterocycles. The summed E-state index contributed by atoms with van der Waals surface area (Å²) in [6.45, 7) is 7.36. The summed E-state index contributed by atoms with van der Waals surface area (Å²) < 4.78 is 21.4. The highest BCUT2D eigenvalue weighted by Gasteiger charge is 2.20. The van der Waals surface area contributed by atoms with E-state index in [4.69, 9.17) is 18.9 Å². The fraction of sp³-hybridized carbons (Fsp3) is 0.405. The van der Waals surface area contributed by atoms with Crippen molar-refractivity contribution in [1.82, 2.24) is 26.2 Å². The average Bonchev–Trinajstić information content (AvgIpc) is 3.09. The fourth-order valence-corrected chi connectivity index (χ4v) is 4.59. The molecule has 0 fully saturated rings. The Kier molecular flexibility index (Phi) is 16.9. The molecule has 0 aromatic heterocycles. The highest BCUT2D eigenvalue weighted by molar-refractivity contribution is 5.69. The van der Waals surface area contributed by atoms with Gasteiger partial charge in [0.15, 0.2) is 0 Å². The van der Waals surface area contributed by atoms with E-state index in [0.717, 1.165) is 16.7 Å². The molecule has 1 unspecified atom stereocenters. The van der Waals surface area contributed by atoms with Crippen molar-refractivity contribution in [2.45, 2.75) is 58.7 Å². The third kappa shape index (κ3) is 17.7. The Balaban J connectivity index is 1.59. The highest BCUT2D eigenvalue weighted by Crippen LogP contribution is 2.07. The number of hydrogen-bond donors (Lipinski definition) is 4. The minimum atomic E-state index is -0.662. The first-order valence-corrected chi connectivity index (χ1v) is 16.6. The second-order valence-corrected chi connectivity index (χ2v) is 12.4. The number of benzene rings is 3. The van der Waals surface area contributed by atoms with Crippen molar-refractivity contribution >= 4 is 24.4 Å². The van der Waals surface area contributed by atoms with Gasteiger partial charge < -0.3 is 40.2 Å². The molecule has 0 bridgehead atoms. The molecule has 3 aromatic carbocycles. The number of nitrogens with one attached hydrogen (secondary N) is 4. The normalized spacial score (nSPS) is 11.5. The number of hydrogen-bond acceptors (Lipinski definition) is 9. The lowest BCUT2D eigenvalue weighted by Gasteiger charge is -2.28. The van der Waals surface area contributed by atoms with Crippen molar-refractivity contribution in [2.75, 3.05) is 39.3 Å². The van der Waals surface area contributed by atoms with E-state index in [9.17, 15) is 19.2 Å². The zero-order chi connectivity index (χ0) is 36.0. The Morgan fingerprint density at radius 2 is 0.980 bits per heavy atom. The zero-order valence-corrected chi connectivity index (χ0v) is 29.0. The number of carbonyl (C=O) groups excluding carboxylic acids is 4. The summed E-state index contributed by atoms with van der Waals surface area (Å²) in [6.07, 6.45) is -2.00. The fourth-order valence-electron chi connectivity index (χ4n) is 4.59. The maximum absolute atomic E-state index is 12.9. The van der Waals surface area contributed by atoms with E-state index < -0.39 is 36.0 Å². The minimum Gasteiger partial charge on any atom is -0.445 e. The van der Waals surface area contributed by atoms with Crippen LogP contribution in [-0.4, -0.2) is 80.2 Å². The van der Waals surface area contributed by atoms with Crippen LogP contribution in [0.1, 0.15) is 43.9 Å². The monoisotopic (exact) mass is 691 g/mol. The molecular weight excluding hydrogens is 642 g/mol. The van der Waals surface area contributed by atoms with E-state index >= 15 is 0 Å². The summed E-state index contributed by atoms with van der Waals surface area (Å²) >= 11 is 0. The molecule has 4 amide bonds. The van der Waals surface area contributed by atoms with E-state index in [1.165, 1.54) is 0 Å². The summed E-state index contributed by atoms with van der Waals surface area (Å²) in [5.74, 6) is 0. The number of amides is 4. The van der Waals surface area contributed by atoms with Crippen molar-refractivity contribution in [3.8, 4) is 0 Å². The smallest absolute Gasteiger partial charge is 0.407 e. The van der Waals surface area contributed by atoms with Gasteiger partial charge in [0.05, 0.1) is 0 Å². The first-order valence-electron chi connectivity index (χ1n) is 16.6. The lowest BCUT2D eigenvalue weighted by atomic mass is 10.2. The van der Waals surface area contributed by atoms with Crippen molar-refractivity contribution < 1.29 is 38.1 Å². The Morgan fingerprint density at radius 1 is 0.580 bits per heavy atom. The lowest BCUT2D eigenvalue weighted by molar-refractivity contribution is 0.0525. The molecule has 3 aromatic rings. The van der Waals surface area contributed by atoms with Gasteiger partial charge in [-0.15, -0.1) is 0 Å². The van der Waals surface area contributed by atoms with Gasteiger partial charge >= 0.3 is 24.4 Å². The van der Waals surface area contributed by atoms with Gasteiger partial charge in [0.1, 0.15) is 25.4 Å². The molecule has 0 saturated heterocycles. The molecule has 4 N–H and O–H groups in total. The van der Waals surface area contributed by atoms with Gasteiger partial charge in [-0.2, -0.15) is 0 Å². The van der Waals surface area contributed by atoms with Crippen LogP contribution in [0.5, 0.6) is 0 Å². The summed E-state index contributed by atoms with van der Waals surface area (Å²) in [6, 6.07) is 27.5. The molecule has 50 heavy (non-hydrogen) atoms. The predicted molar refractivity (Wildman–Crippen MR) is 188 cm³/mol. The molecule has 13 heteroatoms. The van der Waals surface area contributed by atoms with Crippen LogP contribution in [0.4, 0.5) is 19.2 Å². The highest BCUT2D eigenvalue weighted by atomic mass is 16.6. The van der Waals surface area contributed by atoms with E-state index in [-0.39, 0.29) is 39.5 Å². The van der Waals surface area contributed by atoms with Gasteiger partial charge in [-0.1, -0.05) is 91.0 Å². The molecule has 0 spiro atoms. The molecule has 0 saturated carbocycles. The van der Waals surface area contributed by atoms with Crippen LogP contribution in [0.3, 0.4) is 0 Å². The van der Waals surface area contributed by atoms with E-state index in [1.54, 1.807) is 20.8 Å². The molecular formula is C37H49N5O8. The first-order chi connectivity index (χ1) is 24.1. The van der Waals surface area contributed by atoms with Crippen LogP contribution in [0.15, 0.2) is 91.0 Å². The third-order valence-corrected chi connectivity index (χ3v) is 6.99. The molecule has 13 nitrogen and oxygen atoms in total. The van der Waals surface area contributed by atoms with Crippen LogP contribution in [0.2, 0.25) is 0 Å². The van der Waals surface area contributed by atoms with E-state index in [0.29, 0.717) is 26.1 Å². The van der Waals surface area contributed by atoms with Gasteiger partial charge in [-0.25, -0.2) is 19.2 Å². The maximum Gasteiger partial charge on any atom is 0.407 e. The molecule has 1 atom stereocenters. The lowest BCUT2D eigenvalue weighted by Crippen LogP contribution is -2.49. The number of ether oxygens (including phenoxy) is 4. The number of alkyl carbamates (subject to hydrolysis) is 4. The summed E-state index contributed by atoms with van der Waals surface area (Å²) in [7, 11) is 0. The van der Waals surface area contributed by atoms with Gasteiger partial charge in [0.25, 0.3) is 0 Å². The van der Waals surface area contributed by atoms with Crippen LogP contribution in [-0.2, 0) is 38.8 Å². The van der Waals surface area contributed by atoms with Crippen LogP contribution in [0.25, 0.3) is 0 Å². The Hall–Kier alpha value is -5.30. The third-order valence-electron chi connectivity index (χ3n) is 6.99. The summed E-state index contributed by atoms with van der Waals surface area (Å²) in [4.78, 5) is 51.9. The molecule has 0 radical (unpaired) electrons. The average molecular weight is 692 g/mol. The Morgan fingerprint density at radius 3 is 1.40 bits per heavy atom. The summed E-state index contributed by atoms with van der Waals surface area (Å²) in [5.41, 5.74) is 1.90. The molecule has 0 heterocycles. The molecule has 3 rings (SSSR count). The van der Waals surface area contributed by atoms with Crippen LogP contribution in [0, 0.1) is 0 Å².